The summed E-state index contributed by atoms with van der Waals surface area (Å²) < 4.78 is 0. The predicted octanol–water partition coefficient (Wildman–Crippen LogP) is 3.70. The molecular formula is C14H16O2. The molecule has 0 spiro atoms. The van der Waals surface area contributed by atoms with Crippen molar-refractivity contribution in [1.29, 1.82) is 0 Å². The molecule has 0 aliphatic rings. The number of hydrogen-bond acceptors (Lipinski definition) is 1. The first kappa shape index (κ1) is 12.2. The maximum absolute atomic E-state index is 10.8. The second-order valence-electron chi connectivity index (χ2n) is 3.99. The molecule has 0 saturated heterocycles. The summed E-state index contributed by atoms with van der Waals surface area (Å²) >= 11 is 0. The molecule has 0 fully saturated rings. The molecule has 2 nitrogen and oxygen atoms in total. The molecule has 1 aromatic rings. The van der Waals surface area contributed by atoms with E-state index in [0.29, 0.717) is 5.92 Å². The lowest BCUT2D eigenvalue weighted by Gasteiger charge is -2.13. The third kappa shape index (κ3) is 2.40. The van der Waals surface area contributed by atoms with E-state index in [9.17, 15) is 4.79 Å². The van der Waals surface area contributed by atoms with E-state index in [2.05, 4.69) is 27.0 Å². The second kappa shape index (κ2) is 4.79. The van der Waals surface area contributed by atoms with Gasteiger partial charge in [-0.25, -0.2) is 4.79 Å². The van der Waals surface area contributed by atoms with Crippen LogP contribution in [-0.4, -0.2) is 11.1 Å². The van der Waals surface area contributed by atoms with E-state index in [-0.39, 0.29) is 5.56 Å². The number of carboxylic acids is 1. The normalized spacial score (nSPS) is 10.2. The van der Waals surface area contributed by atoms with Gasteiger partial charge >= 0.3 is 5.97 Å². The van der Waals surface area contributed by atoms with Gasteiger partial charge in [0.05, 0.1) is 5.56 Å². The fourth-order valence-corrected chi connectivity index (χ4v) is 1.47. The second-order valence-corrected chi connectivity index (χ2v) is 3.99. The summed E-state index contributed by atoms with van der Waals surface area (Å²) in [5, 5.41) is 8.89. The maximum Gasteiger partial charge on any atom is 0.335 e. The summed E-state index contributed by atoms with van der Waals surface area (Å²) in [7, 11) is 0. The molecular weight excluding hydrogens is 200 g/mol. The summed E-state index contributed by atoms with van der Waals surface area (Å²) in [4.78, 5) is 10.8. The molecule has 2 heteroatoms. The maximum atomic E-state index is 10.8. The Labute approximate surface area is 95.9 Å². The Bertz CT molecular complexity index is 442. The Balaban J connectivity index is 3.27. The summed E-state index contributed by atoms with van der Waals surface area (Å²) in [5.74, 6) is -0.598. The van der Waals surface area contributed by atoms with Crippen LogP contribution in [0.1, 0.15) is 35.3 Å². The molecule has 0 bridgehead atoms. The van der Waals surface area contributed by atoms with Crippen LogP contribution in [0.15, 0.2) is 31.4 Å². The minimum absolute atomic E-state index is 0.273. The van der Waals surface area contributed by atoms with Crippen LogP contribution < -0.4 is 0 Å². The number of hydrogen-bond donors (Lipinski definition) is 1. The van der Waals surface area contributed by atoms with Gasteiger partial charge in [0.25, 0.3) is 0 Å². The fraction of sp³-hybridized carbons (Fsp3) is 0.214. The van der Waals surface area contributed by atoms with E-state index < -0.39 is 5.97 Å². The van der Waals surface area contributed by atoms with Gasteiger partial charge in [0, 0.05) is 0 Å². The molecule has 0 atom stereocenters. The van der Waals surface area contributed by atoms with Gasteiger partial charge in [-0.2, -0.15) is 0 Å². The van der Waals surface area contributed by atoms with Gasteiger partial charge in [-0.15, -0.1) is 0 Å². The van der Waals surface area contributed by atoms with Gasteiger partial charge in [0.15, 0.2) is 0 Å². The van der Waals surface area contributed by atoms with E-state index in [4.69, 9.17) is 5.11 Å². The Morgan fingerprint density at radius 2 is 2.06 bits per heavy atom. The fourth-order valence-electron chi connectivity index (χ4n) is 1.47. The molecule has 0 unspecified atom stereocenters. The zero-order valence-corrected chi connectivity index (χ0v) is 9.66. The van der Waals surface area contributed by atoms with Crippen molar-refractivity contribution in [2.24, 2.45) is 5.92 Å². The molecule has 0 aliphatic carbocycles. The molecule has 0 saturated carbocycles. The van der Waals surface area contributed by atoms with Gasteiger partial charge in [-0.1, -0.05) is 39.1 Å². The van der Waals surface area contributed by atoms with E-state index in [1.54, 1.807) is 24.3 Å². The molecule has 1 N–H and O–H groups in total. The van der Waals surface area contributed by atoms with Gasteiger partial charge in [-0.05, 0) is 34.8 Å². The minimum atomic E-state index is -0.926. The Morgan fingerprint density at radius 1 is 1.44 bits per heavy atom. The van der Waals surface area contributed by atoms with Crippen molar-refractivity contribution in [3.8, 4) is 0 Å². The van der Waals surface area contributed by atoms with E-state index in [1.807, 2.05) is 0 Å². The lowest BCUT2D eigenvalue weighted by Crippen LogP contribution is -2.00. The highest BCUT2D eigenvalue weighted by Gasteiger charge is 2.10. The summed E-state index contributed by atoms with van der Waals surface area (Å²) in [6.45, 7) is 11.8. The average molecular weight is 216 g/mol. The van der Waals surface area contributed by atoms with Crippen LogP contribution in [0.2, 0.25) is 0 Å². The molecule has 1 aromatic carbocycles. The van der Waals surface area contributed by atoms with Gasteiger partial charge in [-0.3, -0.25) is 0 Å². The highest BCUT2D eigenvalue weighted by Crippen LogP contribution is 2.26. The van der Waals surface area contributed by atoms with Gasteiger partial charge < -0.3 is 5.11 Å². The molecule has 84 valence electrons. The number of carboxylic acid groups (broad SMARTS) is 1. The van der Waals surface area contributed by atoms with Crippen LogP contribution in [0, 0.1) is 5.92 Å². The zero-order valence-electron chi connectivity index (χ0n) is 9.66. The van der Waals surface area contributed by atoms with Crippen molar-refractivity contribution in [3.63, 3.8) is 0 Å². The van der Waals surface area contributed by atoms with Crippen molar-refractivity contribution in [3.05, 3.63) is 48.0 Å². The third-order valence-electron chi connectivity index (χ3n) is 2.56. The van der Waals surface area contributed by atoms with Crippen molar-refractivity contribution >= 4 is 17.6 Å². The van der Waals surface area contributed by atoms with Gasteiger partial charge in [0.2, 0.25) is 0 Å². The quantitative estimate of drug-likeness (QED) is 0.833. The highest BCUT2D eigenvalue weighted by atomic mass is 16.4. The lowest BCUT2D eigenvalue weighted by atomic mass is 9.92. The Morgan fingerprint density at radius 3 is 2.50 bits per heavy atom. The van der Waals surface area contributed by atoms with Crippen molar-refractivity contribution < 1.29 is 9.90 Å². The number of carbonyl (C=O) groups is 1. The number of rotatable bonds is 4. The highest BCUT2D eigenvalue weighted by molar-refractivity contribution is 5.89. The van der Waals surface area contributed by atoms with Crippen LogP contribution in [0.4, 0.5) is 0 Å². The summed E-state index contributed by atoms with van der Waals surface area (Å²) in [5.41, 5.74) is 3.05. The minimum Gasteiger partial charge on any atom is -0.478 e. The topological polar surface area (TPSA) is 37.3 Å². The number of benzene rings is 1. The zero-order chi connectivity index (χ0) is 12.3. The molecule has 0 aliphatic heterocycles. The third-order valence-corrected chi connectivity index (χ3v) is 2.56. The average Bonchev–Trinajstić information content (AvgIpc) is 2.26. The first-order chi connectivity index (χ1) is 7.47. The van der Waals surface area contributed by atoms with E-state index in [1.165, 1.54) is 0 Å². The van der Waals surface area contributed by atoms with Crippen LogP contribution in [-0.2, 0) is 0 Å². The molecule has 0 aromatic heterocycles. The monoisotopic (exact) mass is 216 g/mol. The molecule has 0 amide bonds. The number of allylic oxidation sites excluding steroid dienone is 1. The predicted molar refractivity (Wildman–Crippen MR) is 67.4 cm³/mol. The van der Waals surface area contributed by atoms with Crippen LogP contribution >= 0.6 is 0 Å². The number of aromatic carboxylic acids is 1. The Kier molecular flexibility index (Phi) is 3.67. The van der Waals surface area contributed by atoms with Crippen LogP contribution in [0.25, 0.3) is 11.6 Å². The van der Waals surface area contributed by atoms with Crippen LogP contribution in [0.5, 0.6) is 0 Å². The molecule has 16 heavy (non-hydrogen) atoms. The van der Waals surface area contributed by atoms with E-state index >= 15 is 0 Å². The molecule has 1 rings (SSSR count). The van der Waals surface area contributed by atoms with Crippen molar-refractivity contribution in [1.82, 2.24) is 0 Å². The summed E-state index contributed by atoms with van der Waals surface area (Å²) in [6.07, 6.45) is 1.66. The smallest absolute Gasteiger partial charge is 0.335 e. The van der Waals surface area contributed by atoms with Crippen molar-refractivity contribution in [2.45, 2.75) is 13.8 Å². The largest absolute Gasteiger partial charge is 0.478 e. The summed E-state index contributed by atoms with van der Waals surface area (Å²) in [6, 6.07) is 5.01. The first-order valence-corrected chi connectivity index (χ1v) is 5.16. The van der Waals surface area contributed by atoms with Gasteiger partial charge in [0.1, 0.15) is 0 Å². The van der Waals surface area contributed by atoms with E-state index in [0.717, 1.165) is 16.7 Å². The lowest BCUT2D eigenvalue weighted by molar-refractivity contribution is 0.0697. The Hall–Kier alpha value is -1.83. The molecule has 0 heterocycles. The first-order valence-electron chi connectivity index (χ1n) is 5.16. The molecule has 0 radical (unpaired) electrons. The van der Waals surface area contributed by atoms with Crippen molar-refractivity contribution in [2.75, 3.05) is 0 Å². The SMILES string of the molecule is C=Cc1cc(C(=O)O)ccc1C(=C)C(C)C. The van der Waals surface area contributed by atoms with Crippen LogP contribution in [0.3, 0.4) is 0 Å². The standard InChI is InChI=1S/C14H16O2/c1-5-11-8-12(14(15)16)6-7-13(11)10(4)9(2)3/h5-9H,1,4H2,2-3H3,(H,15,16).